The molecule has 0 aromatic heterocycles. The summed E-state index contributed by atoms with van der Waals surface area (Å²) < 4.78 is 11.6. The van der Waals surface area contributed by atoms with Crippen molar-refractivity contribution in [3.63, 3.8) is 0 Å². The molecule has 1 N–H and O–H groups in total. The largest absolute Gasteiger partial charge is 0.467 e. The maximum atomic E-state index is 13.0. The summed E-state index contributed by atoms with van der Waals surface area (Å²) in [6.45, 7) is 2.98. The number of ether oxygens (including phenoxy) is 2. The lowest BCUT2D eigenvalue weighted by Gasteiger charge is -2.56. The number of carbonyl (C=O) groups excluding carboxylic acids is 1. The average Bonchev–Trinajstić information content (AvgIpc) is 2.53. The lowest BCUT2D eigenvalue weighted by molar-refractivity contribution is -0.162. The van der Waals surface area contributed by atoms with Crippen LogP contribution in [0.15, 0.2) is 24.3 Å². The average molecular weight is 349 g/mol. The Morgan fingerprint density at radius 2 is 2.17 bits per heavy atom. The number of amides is 1. The van der Waals surface area contributed by atoms with Crippen molar-refractivity contribution in [1.29, 1.82) is 0 Å². The monoisotopic (exact) mass is 349 g/mol. The summed E-state index contributed by atoms with van der Waals surface area (Å²) in [5.74, 6) is 0.380. The fourth-order valence-electron chi connectivity index (χ4n) is 3.56. The minimum Gasteiger partial charge on any atom is -0.467 e. The molecule has 2 bridgehead atoms. The second-order valence-electron chi connectivity index (χ2n) is 6.48. The van der Waals surface area contributed by atoms with Gasteiger partial charge in [0.2, 0.25) is 5.91 Å². The first kappa shape index (κ1) is 17.0. The zero-order chi connectivity index (χ0) is 17.5. The molecule has 3 atom stereocenters. The molecule has 0 aliphatic carbocycles. The number of benzene rings is 1. The van der Waals surface area contributed by atoms with Crippen molar-refractivity contribution in [1.82, 2.24) is 15.1 Å². The number of hydrogen-bond donors (Lipinski definition) is 1. The molecule has 24 heavy (non-hydrogen) atoms. The Morgan fingerprint density at radius 1 is 1.46 bits per heavy atom. The molecule has 0 unspecified atom stereocenters. The predicted octanol–water partition coefficient (Wildman–Crippen LogP) is 1.38. The number of para-hydroxylation sites is 1. The topological polar surface area (TPSA) is 54.0 Å². The normalized spacial score (nSPS) is 27.8. The lowest BCUT2D eigenvalue weighted by atomic mass is 9.78. The van der Waals surface area contributed by atoms with E-state index in [1.165, 1.54) is 0 Å². The SMILES string of the molecule is COCCN1C(=S)N[C@H]2c3ccccc3O[C@]1(C)[C@@H]2C(=O)N(C)C. The van der Waals surface area contributed by atoms with E-state index in [9.17, 15) is 4.79 Å². The molecule has 1 saturated heterocycles. The van der Waals surface area contributed by atoms with E-state index in [1.807, 2.05) is 36.1 Å². The Morgan fingerprint density at radius 3 is 2.83 bits per heavy atom. The van der Waals surface area contributed by atoms with Crippen LogP contribution in [0.3, 0.4) is 0 Å². The number of methoxy groups -OCH3 is 1. The number of fused-ring (bicyclic) bond motifs is 4. The molecule has 1 aromatic rings. The van der Waals surface area contributed by atoms with Gasteiger partial charge in [-0.2, -0.15) is 0 Å². The molecular formula is C17H23N3O3S. The van der Waals surface area contributed by atoms with E-state index in [-0.39, 0.29) is 11.9 Å². The molecular weight excluding hydrogens is 326 g/mol. The Balaban J connectivity index is 2.10. The Hall–Kier alpha value is -1.86. The first-order chi connectivity index (χ1) is 11.4. The van der Waals surface area contributed by atoms with E-state index in [0.29, 0.717) is 18.3 Å². The van der Waals surface area contributed by atoms with Crippen molar-refractivity contribution in [3.05, 3.63) is 29.8 Å². The van der Waals surface area contributed by atoms with Gasteiger partial charge in [0.1, 0.15) is 11.7 Å². The van der Waals surface area contributed by atoms with Crippen LogP contribution in [0.2, 0.25) is 0 Å². The second-order valence-corrected chi connectivity index (χ2v) is 6.86. The summed E-state index contributed by atoms with van der Waals surface area (Å²) >= 11 is 5.56. The number of rotatable bonds is 4. The fraction of sp³-hybridized carbons (Fsp3) is 0.529. The molecule has 1 aromatic carbocycles. The van der Waals surface area contributed by atoms with Crippen molar-refractivity contribution >= 4 is 23.2 Å². The van der Waals surface area contributed by atoms with Crippen LogP contribution in [0.4, 0.5) is 0 Å². The van der Waals surface area contributed by atoms with Crippen LogP contribution >= 0.6 is 12.2 Å². The third kappa shape index (κ3) is 2.52. The van der Waals surface area contributed by atoms with Gasteiger partial charge in [0.25, 0.3) is 0 Å². The van der Waals surface area contributed by atoms with Crippen LogP contribution in [-0.4, -0.2) is 60.9 Å². The van der Waals surface area contributed by atoms with Crippen LogP contribution in [0.5, 0.6) is 5.75 Å². The summed E-state index contributed by atoms with van der Waals surface area (Å²) in [6, 6.07) is 7.59. The lowest BCUT2D eigenvalue weighted by Crippen LogP contribution is -2.72. The van der Waals surface area contributed by atoms with E-state index < -0.39 is 11.6 Å². The summed E-state index contributed by atoms with van der Waals surface area (Å²) in [5, 5.41) is 3.93. The van der Waals surface area contributed by atoms with Crippen LogP contribution < -0.4 is 10.1 Å². The van der Waals surface area contributed by atoms with Crippen molar-refractivity contribution in [3.8, 4) is 5.75 Å². The highest BCUT2D eigenvalue weighted by molar-refractivity contribution is 7.80. The van der Waals surface area contributed by atoms with E-state index in [0.717, 1.165) is 11.3 Å². The van der Waals surface area contributed by atoms with E-state index in [1.54, 1.807) is 26.1 Å². The molecule has 0 spiro atoms. The number of nitrogens with one attached hydrogen (secondary N) is 1. The van der Waals surface area contributed by atoms with Gasteiger partial charge in [0.05, 0.1) is 12.6 Å². The molecule has 7 heteroatoms. The van der Waals surface area contributed by atoms with Crippen molar-refractivity contribution in [2.75, 3.05) is 34.4 Å². The Labute approximate surface area is 147 Å². The third-order valence-corrected chi connectivity index (χ3v) is 5.11. The van der Waals surface area contributed by atoms with Crippen molar-refractivity contribution in [2.24, 2.45) is 5.92 Å². The zero-order valence-corrected chi connectivity index (χ0v) is 15.2. The third-order valence-electron chi connectivity index (χ3n) is 4.77. The highest BCUT2D eigenvalue weighted by Crippen LogP contribution is 2.48. The van der Waals surface area contributed by atoms with Crippen molar-refractivity contribution in [2.45, 2.75) is 18.7 Å². The predicted molar refractivity (Wildman–Crippen MR) is 94.7 cm³/mol. The number of carbonyl (C=O) groups is 1. The Bertz CT molecular complexity index is 666. The van der Waals surface area contributed by atoms with Gasteiger partial charge in [-0.25, -0.2) is 0 Å². The smallest absolute Gasteiger partial charge is 0.233 e. The number of hydrogen-bond acceptors (Lipinski definition) is 4. The first-order valence-corrected chi connectivity index (χ1v) is 8.37. The van der Waals surface area contributed by atoms with E-state index in [4.69, 9.17) is 21.7 Å². The molecule has 2 aliphatic rings. The van der Waals surface area contributed by atoms with Crippen LogP contribution in [0.1, 0.15) is 18.5 Å². The quantitative estimate of drug-likeness (QED) is 0.829. The standard InChI is InChI=1S/C17H23N3O3S/c1-17-13(15(21)19(2)3)14(11-7-5-6-8-12(11)23-17)18-16(24)20(17)9-10-22-4/h5-8,13-14H,9-10H2,1-4H3,(H,18,24)/t13-,14-,17+/m0/s1. The highest BCUT2D eigenvalue weighted by atomic mass is 32.1. The van der Waals surface area contributed by atoms with Gasteiger partial charge >= 0.3 is 0 Å². The number of nitrogens with zero attached hydrogens (tertiary/aromatic N) is 2. The molecule has 1 fully saturated rings. The molecule has 2 heterocycles. The maximum Gasteiger partial charge on any atom is 0.233 e. The molecule has 0 radical (unpaired) electrons. The van der Waals surface area contributed by atoms with E-state index in [2.05, 4.69) is 5.32 Å². The fourth-order valence-corrected chi connectivity index (χ4v) is 3.96. The van der Waals surface area contributed by atoms with E-state index >= 15 is 0 Å². The zero-order valence-electron chi connectivity index (χ0n) is 14.4. The maximum absolute atomic E-state index is 13.0. The summed E-state index contributed by atoms with van der Waals surface area (Å²) in [4.78, 5) is 16.5. The Kier molecular flexibility index (Phi) is 4.40. The van der Waals surface area contributed by atoms with Gasteiger partial charge in [-0.3, -0.25) is 4.79 Å². The van der Waals surface area contributed by atoms with Gasteiger partial charge in [-0.15, -0.1) is 0 Å². The van der Waals surface area contributed by atoms with Gasteiger partial charge in [-0.1, -0.05) is 18.2 Å². The van der Waals surface area contributed by atoms with Gasteiger partial charge in [0.15, 0.2) is 10.8 Å². The summed E-state index contributed by atoms with van der Waals surface area (Å²) in [5.41, 5.74) is 0.102. The summed E-state index contributed by atoms with van der Waals surface area (Å²) in [7, 11) is 5.17. The first-order valence-electron chi connectivity index (χ1n) is 7.96. The van der Waals surface area contributed by atoms with Crippen LogP contribution in [-0.2, 0) is 9.53 Å². The minimum atomic E-state index is -0.860. The molecule has 130 valence electrons. The number of thiocarbonyl (C=S) groups is 1. The van der Waals surface area contributed by atoms with Gasteiger partial charge in [-0.05, 0) is 25.2 Å². The minimum absolute atomic E-state index is 0.00872. The second kappa shape index (κ2) is 6.22. The molecule has 2 aliphatic heterocycles. The molecule has 6 nitrogen and oxygen atoms in total. The van der Waals surface area contributed by atoms with Crippen LogP contribution in [0, 0.1) is 5.92 Å². The van der Waals surface area contributed by atoms with Crippen molar-refractivity contribution < 1.29 is 14.3 Å². The molecule has 1 amide bonds. The molecule has 0 saturated carbocycles. The van der Waals surface area contributed by atoms with Gasteiger partial charge in [0, 0.05) is 33.3 Å². The highest BCUT2D eigenvalue weighted by Gasteiger charge is 2.58. The van der Waals surface area contributed by atoms with Gasteiger partial charge < -0.3 is 24.6 Å². The molecule has 3 rings (SSSR count). The van der Waals surface area contributed by atoms with Crippen LogP contribution in [0.25, 0.3) is 0 Å². The summed E-state index contributed by atoms with van der Waals surface area (Å²) in [6.07, 6.45) is 0.